The average Bonchev–Trinajstić information content (AvgIpc) is 2.48. The molecule has 1 aromatic carbocycles. The highest BCUT2D eigenvalue weighted by atomic mass is 35.5. The SMILES string of the molecule is CCOC(=O)c1ccccc1NC(=O)c1cc(Cl)ccn1. The highest BCUT2D eigenvalue weighted by molar-refractivity contribution is 6.31. The number of carbonyl (C=O) groups excluding carboxylic acids is 2. The fraction of sp³-hybridized carbons (Fsp3) is 0.133. The quantitative estimate of drug-likeness (QED) is 0.881. The Bertz CT molecular complexity index is 673. The van der Waals surface area contributed by atoms with Gasteiger partial charge in [-0.25, -0.2) is 4.79 Å². The number of ether oxygens (including phenoxy) is 1. The summed E-state index contributed by atoms with van der Waals surface area (Å²) in [6, 6.07) is 9.63. The number of esters is 1. The number of aromatic nitrogens is 1. The minimum atomic E-state index is -0.493. The molecule has 0 aliphatic carbocycles. The van der Waals surface area contributed by atoms with Crippen molar-refractivity contribution < 1.29 is 14.3 Å². The fourth-order valence-corrected chi connectivity index (χ4v) is 1.85. The minimum Gasteiger partial charge on any atom is -0.462 e. The van der Waals surface area contributed by atoms with E-state index in [-0.39, 0.29) is 17.9 Å². The van der Waals surface area contributed by atoms with Crippen LogP contribution in [0.4, 0.5) is 5.69 Å². The predicted octanol–water partition coefficient (Wildman–Crippen LogP) is 3.16. The number of nitrogens with one attached hydrogen (secondary N) is 1. The number of benzene rings is 1. The zero-order valence-electron chi connectivity index (χ0n) is 11.3. The van der Waals surface area contributed by atoms with Crippen LogP contribution >= 0.6 is 11.6 Å². The van der Waals surface area contributed by atoms with Crippen LogP contribution < -0.4 is 5.32 Å². The predicted molar refractivity (Wildman–Crippen MR) is 79.6 cm³/mol. The monoisotopic (exact) mass is 304 g/mol. The third-order valence-electron chi connectivity index (χ3n) is 2.63. The molecule has 0 aliphatic rings. The lowest BCUT2D eigenvalue weighted by atomic mass is 10.1. The number of amides is 1. The van der Waals surface area contributed by atoms with Crippen LogP contribution in [0.25, 0.3) is 0 Å². The molecule has 1 N–H and O–H groups in total. The van der Waals surface area contributed by atoms with E-state index in [4.69, 9.17) is 16.3 Å². The molecule has 0 aliphatic heterocycles. The summed E-state index contributed by atoms with van der Waals surface area (Å²) in [6.07, 6.45) is 1.44. The molecule has 1 heterocycles. The van der Waals surface area contributed by atoms with Crippen LogP contribution in [0.15, 0.2) is 42.6 Å². The van der Waals surface area contributed by atoms with Gasteiger partial charge in [0.2, 0.25) is 0 Å². The maximum atomic E-state index is 12.1. The highest BCUT2D eigenvalue weighted by Crippen LogP contribution is 2.17. The lowest BCUT2D eigenvalue weighted by Gasteiger charge is -2.10. The van der Waals surface area contributed by atoms with Crippen molar-refractivity contribution in [2.45, 2.75) is 6.92 Å². The molecule has 5 nitrogen and oxygen atoms in total. The van der Waals surface area contributed by atoms with Crippen molar-refractivity contribution in [1.29, 1.82) is 0 Å². The molecular formula is C15H13ClN2O3. The Morgan fingerprint density at radius 2 is 2.05 bits per heavy atom. The molecule has 0 spiro atoms. The molecule has 0 unspecified atom stereocenters. The van der Waals surface area contributed by atoms with E-state index in [9.17, 15) is 9.59 Å². The molecule has 0 bridgehead atoms. The highest BCUT2D eigenvalue weighted by Gasteiger charge is 2.15. The number of nitrogens with zero attached hydrogens (tertiary/aromatic N) is 1. The second-order valence-electron chi connectivity index (χ2n) is 4.08. The average molecular weight is 305 g/mol. The molecule has 6 heteroatoms. The van der Waals surface area contributed by atoms with Gasteiger partial charge in [-0.2, -0.15) is 0 Å². The Balaban J connectivity index is 2.23. The molecule has 108 valence electrons. The first kappa shape index (κ1) is 15.0. The Labute approximate surface area is 126 Å². The van der Waals surface area contributed by atoms with E-state index in [1.807, 2.05) is 0 Å². The van der Waals surface area contributed by atoms with Crippen LogP contribution in [0, 0.1) is 0 Å². The molecule has 0 fully saturated rings. The van der Waals surface area contributed by atoms with E-state index in [0.29, 0.717) is 10.7 Å². The summed E-state index contributed by atoms with van der Waals surface area (Å²) >= 11 is 5.82. The summed E-state index contributed by atoms with van der Waals surface area (Å²) in [7, 11) is 0. The minimum absolute atomic E-state index is 0.168. The molecule has 0 atom stereocenters. The number of hydrogen-bond acceptors (Lipinski definition) is 4. The van der Waals surface area contributed by atoms with Gasteiger partial charge in [0, 0.05) is 11.2 Å². The van der Waals surface area contributed by atoms with Gasteiger partial charge in [0.15, 0.2) is 0 Å². The van der Waals surface area contributed by atoms with Crippen LogP contribution in [0.5, 0.6) is 0 Å². The Morgan fingerprint density at radius 1 is 1.29 bits per heavy atom. The topological polar surface area (TPSA) is 68.3 Å². The van der Waals surface area contributed by atoms with E-state index >= 15 is 0 Å². The van der Waals surface area contributed by atoms with Crippen molar-refractivity contribution in [2.24, 2.45) is 0 Å². The van der Waals surface area contributed by atoms with Gasteiger partial charge in [-0.3, -0.25) is 9.78 Å². The van der Waals surface area contributed by atoms with Crippen molar-refractivity contribution in [3.8, 4) is 0 Å². The van der Waals surface area contributed by atoms with Crippen LogP contribution in [-0.4, -0.2) is 23.5 Å². The van der Waals surface area contributed by atoms with Gasteiger partial charge in [-0.05, 0) is 31.2 Å². The maximum absolute atomic E-state index is 12.1. The standard InChI is InChI=1S/C15H13ClN2O3/c1-2-21-15(20)11-5-3-4-6-12(11)18-14(19)13-9-10(16)7-8-17-13/h3-9H,2H2,1H3,(H,18,19). The first-order chi connectivity index (χ1) is 10.1. The first-order valence-corrected chi connectivity index (χ1v) is 6.68. The Hall–Kier alpha value is -2.40. The normalized spacial score (nSPS) is 10.0. The zero-order chi connectivity index (χ0) is 15.2. The fourth-order valence-electron chi connectivity index (χ4n) is 1.69. The molecule has 1 aromatic heterocycles. The van der Waals surface area contributed by atoms with Crippen LogP contribution in [-0.2, 0) is 4.74 Å². The summed E-state index contributed by atoms with van der Waals surface area (Å²) in [5.74, 6) is -0.943. The lowest BCUT2D eigenvalue weighted by molar-refractivity contribution is 0.0527. The first-order valence-electron chi connectivity index (χ1n) is 6.31. The van der Waals surface area contributed by atoms with Crippen molar-refractivity contribution in [2.75, 3.05) is 11.9 Å². The number of carbonyl (C=O) groups is 2. The Kier molecular flexibility index (Phi) is 4.90. The van der Waals surface area contributed by atoms with Crippen molar-refractivity contribution in [3.05, 3.63) is 58.9 Å². The number of halogens is 1. The molecule has 1 amide bonds. The molecule has 0 saturated carbocycles. The third kappa shape index (κ3) is 3.79. The summed E-state index contributed by atoms with van der Waals surface area (Å²) in [5, 5.41) is 3.04. The van der Waals surface area contributed by atoms with Crippen LogP contribution in [0.2, 0.25) is 5.02 Å². The van der Waals surface area contributed by atoms with Crippen LogP contribution in [0.1, 0.15) is 27.8 Å². The largest absolute Gasteiger partial charge is 0.462 e. The molecule has 2 aromatic rings. The third-order valence-corrected chi connectivity index (χ3v) is 2.86. The number of anilines is 1. The number of rotatable bonds is 4. The molecule has 2 rings (SSSR count). The molecular weight excluding hydrogens is 292 g/mol. The molecule has 21 heavy (non-hydrogen) atoms. The van der Waals surface area contributed by atoms with Crippen molar-refractivity contribution in [3.63, 3.8) is 0 Å². The second kappa shape index (κ2) is 6.85. The van der Waals surface area contributed by atoms with E-state index in [0.717, 1.165) is 0 Å². The van der Waals surface area contributed by atoms with Gasteiger partial charge >= 0.3 is 5.97 Å². The summed E-state index contributed by atoms with van der Waals surface area (Å²) < 4.78 is 4.95. The summed E-state index contributed by atoms with van der Waals surface area (Å²) in [5.41, 5.74) is 0.818. The van der Waals surface area contributed by atoms with Crippen molar-refractivity contribution >= 4 is 29.2 Å². The van der Waals surface area contributed by atoms with Gasteiger partial charge in [0.25, 0.3) is 5.91 Å². The smallest absolute Gasteiger partial charge is 0.340 e. The van der Waals surface area contributed by atoms with Gasteiger partial charge in [-0.15, -0.1) is 0 Å². The Morgan fingerprint density at radius 3 is 2.76 bits per heavy atom. The zero-order valence-corrected chi connectivity index (χ0v) is 12.1. The summed E-state index contributed by atoms with van der Waals surface area (Å²) in [4.78, 5) is 27.9. The maximum Gasteiger partial charge on any atom is 0.340 e. The summed E-state index contributed by atoms with van der Waals surface area (Å²) in [6.45, 7) is 1.98. The van der Waals surface area contributed by atoms with E-state index in [2.05, 4.69) is 10.3 Å². The second-order valence-corrected chi connectivity index (χ2v) is 4.52. The lowest BCUT2D eigenvalue weighted by Crippen LogP contribution is -2.16. The number of pyridine rings is 1. The van der Waals surface area contributed by atoms with Crippen LogP contribution in [0.3, 0.4) is 0 Å². The molecule has 0 saturated heterocycles. The molecule has 0 radical (unpaired) electrons. The van der Waals surface area contributed by atoms with E-state index in [1.165, 1.54) is 12.3 Å². The van der Waals surface area contributed by atoms with Gasteiger partial charge in [-0.1, -0.05) is 23.7 Å². The number of para-hydroxylation sites is 1. The van der Waals surface area contributed by atoms with E-state index in [1.54, 1.807) is 37.3 Å². The van der Waals surface area contributed by atoms with E-state index < -0.39 is 11.9 Å². The van der Waals surface area contributed by atoms with Gasteiger partial charge in [0.1, 0.15) is 5.69 Å². The van der Waals surface area contributed by atoms with Gasteiger partial charge in [0.05, 0.1) is 17.9 Å². The number of hydrogen-bond donors (Lipinski definition) is 1. The van der Waals surface area contributed by atoms with Gasteiger partial charge < -0.3 is 10.1 Å². The van der Waals surface area contributed by atoms with Crippen molar-refractivity contribution in [1.82, 2.24) is 4.98 Å².